The van der Waals surface area contributed by atoms with Gasteiger partial charge in [0.25, 0.3) is 0 Å². The average Bonchev–Trinajstić information content (AvgIpc) is 2.97. The zero-order chi connectivity index (χ0) is 16.7. The summed E-state index contributed by atoms with van der Waals surface area (Å²) in [5, 5.41) is 15.0. The lowest BCUT2D eigenvalue weighted by Gasteiger charge is -2.12. The number of hydrogen-bond acceptors (Lipinski definition) is 4. The Bertz CT molecular complexity index is 670. The maximum absolute atomic E-state index is 6.23. The molecule has 1 heterocycles. The van der Waals surface area contributed by atoms with E-state index < -0.39 is 0 Å². The number of halogens is 1. The molecular weight excluding hydrogens is 316 g/mol. The van der Waals surface area contributed by atoms with Crippen LogP contribution in [0.25, 0.3) is 0 Å². The molecule has 2 N–H and O–H groups in total. The summed E-state index contributed by atoms with van der Waals surface area (Å²) in [5.41, 5.74) is 1.06. The van der Waals surface area contributed by atoms with Crippen LogP contribution in [0.3, 0.4) is 0 Å². The van der Waals surface area contributed by atoms with Crippen molar-refractivity contribution in [2.45, 2.75) is 13.0 Å². The Balaban J connectivity index is 1.81. The largest absolute Gasteiger partial charge is 0.497 e. The molecule has 0 saturated carbocycles. The van der Waals surface area contributed by atoms with Gasteiger partial charge in [0.2, 0.25) is 0 Å². The fraction of sp³-hybridized carbons (Fsp3) is 0.400. The Morgan fingerprint density at radius 3 is 2.83 bits per heavy atom. The highest BCUT2D eigenvalue weighted by Crippen LogP contribution is 2.22. The molecule has 124 valence electrons. The Hall–Kier alpha value is -2.28. The third-order valence-electron chi connectivity index (χ3n) is 3.39. The summed E-state index contributed by atoms with van der Waals surface area (Å²) in [6, 6.07) is 5.69. The van der Waals surface area contributed by atoms with E-state index in [1.807, 2.05) is 29.8 Å². The van der Waals surface area contributed by atoms with E-state index in [0.29, 0.717) is 24.1 Å². The molecule has 0 bridgehead atoms. The van der Waals surface area contributed by atoms with Gasteiger partial charge in [0.15, 0.2) is 11.8 Å². The van der Waals surface area contributed by atoms with E-state index in [2.05, 4.69) is 25.8 Å². The highest BCUT2D eigenvalue weighted by molar-refractivity contribution is 6.31. The fourth-order valence-electron chi connectivity index (χ4n) is 2.02. The van der Waals surface area contributed by atoms with Crippen LogP contribution in [-0.2, 0) is 20.0 Å². The topological polar surface area (TPSA) is 76.4 Å². The third kappa shape index (κ3) is 4.85. The van der Waals surface area contributed by atoms with Crippen molar-refractivity contribution < 1.29 is 4.74 Å². The normalized spacial score (nSPS) is 11.4. The van der Waals surface area contributed by atoms with Gasteiger partial charge in [-0.3, -0.25) is 4.99 Å². The van der Waals surface area contributed by atoms with Crippen molar-refractivity contribution in [3.63, 3.8) is 0 Å². The van der Waals surface area contributed by atoms with Crippen molar-refractivity contribution in [3.05, 3.63) is 40.9 Å². The number of aryl methyl sites for hydroxylation is 1. The van der Waals surface area contributed by atoms with Crippen LogP contribution in [0, 0.1) is 0 Å². The monoisotopic (exact) mass is 336 g/mol. The molecule has 2 rings (SSSR count). The number of nitrogens with one attached hydrogen (secondary N) is 2. The Kier molecular flexibility index (Phi) is 6.22. The minimum absolute atomic E-state index is 0.555. The first-order chi connectivity index (χ1) is 11.1. The standard InChI is InChI=1S/C15H21ClN6O/c1-17-15(19-9-14-21-20-10-22(14)2)18-7-6-11-4-5-12(23-3)8-13(11)16/h4-5,8,10H,6-7,9H2,1-3H3,(H2,17,18,19). The van der Waals surface area contributed by atoms with Gasteiger partial charge < -0.3 is 19.9 Å². The second-order valence-electron chi connectivity index (χ2n) is 4.92. The van der Waals surface area contributed by atoms with Crippen LogP contribution in [0.4, 0.5) is 0 Å². The smallest absolute Gasteiger partial charge is 0.191 e. The van der Waals surface area contributed by atoms with E-state index >= 15 is 0 Å². The van der Waals surface area contributed by atoms with Gasteiger partial charge in [-0.25, -0.2) is 0 Å². The Labute approximate surface area is 140 Å². The van der Waals surface area contributed by atoms with Gasteiger partial charge in [-0.15, -0.1) is 10.2 Å². The molecule has 0 aliphatic heterocycles. The minimum atomic E-state index is 0.555. The van der Waals surface area contributed by atoms with E-state index in [9.17, 15) is 0 Å². The fourth-order valence-corrected chi connectivity index (χ4v) is 2.29. The van der Waals surface area contributed by atoms with Gasteiger partial charge >= 0.3 is 0 Å². The first kappa shape index (κ1) is 17.1. The molecule has 0 unspecified atom stereocenters. The predicted molar refractivity (Wildman–Crippen MR) is 90.9 cm³/mol. The molecule has 1 aromatic carbocycles. The molecule has 8 heteroatoms. The first-order valence-corrected chi connectivity index (χ1v) is 7.61. The molecule has 0 atom stereocenters. The first-order valence-electron chi connectivity index (χ1n) is 7.24. The van der Waals surface area contributed by atoms with Crippen molar-refractivity contribution in [1.29, 1.82) is 0 Å². The van der Waals surface area contributed by atoms with Crippen molar-refractivity contribution >= 4 is 17.6 Å². The second-order valence-corrected chi connectivity index (χ2v) is 5.33. The molecule has 0 amide bonds. The molecule has 0 aliphatic rings. The number of rotatable bonds is 6. The molecule has 0 fully saturated rings. The van der Waals surface area contributed by atoms with Crippen LogP contribution in [0.2, 0.25) is 5.02 Å². The number of ether oxygens (including phenoxy) is 1. The number of hydrogen-bond donors (Lipinski definition) is 2. The van der Waals surface area contributed by atoms with Crippen LogP contribution in [0.5, 0.6) is 5.75 Å². The summed E-state index contributed by atoms with van der Waals surface area (Å²) in [7, 11) is 5.25. The lowest BCUT2D eigenvalue weighted by atomic mass is 10.1. The van der Waals surface area contributed by atoms with Crippen molar-refractivity contribution in [2.75, 3.05) is 20.7 Å². The maximum Gasteiger partial charge on any atom is 0.191 e. The molecule has 0 saturated heterocycles. The highest BCUT2D eigenvalue weighted by Gasteiger charge is 2.05. The van der Waals surface area contributed by atoms with Gasteiger partial charge in [-0.1, -0.05) is 17.7 Å². The van der Waals surface area contributed by atoms with Crippen molar-refractivity contribution in [3.8, 4) is 5.75 Å². The molecular formula is C15H21ClN6O. The summed E-state index contributed by atoms with van der Waals surface area (Å²) < 4.78 is 7.00. The number of aliphatic imine (C=N–C) groups is 1. The molecule has 0 spiro atoms. The molecule has 1 aromatic heterocycles. The zero-order valence-corrected chi connectivity index (χ0v) is 14.3. The number of nitrogens with zero attached hydrogens (tertiary/aromatic N) is 4. The predicted octanol–water partition coefficient (Wildman–Crippen LogP) is 1.38. The van der Waals surface area contributed by atoms with Gasteiger partial charge in [-0.2, -0.15) is 0 Å². The zero-order valence-electron chi connectivity index (χ0n) is 13.5. The lowest BCUT2D eigenvalue weighted by Crippen LogP contribution is -2.38. The van der Waals surface area contributed by atoms with E-state index in [4.69, 9.17) is 16.3 Å². The summed E-state index contributed by atoms with van der Waals surface area (Å²) in [5.74, 6) is 2.30. The summed E-state index contributed by atoms with van der Waals surface area (Å²) in [6.07, 6.45) is 2.45. The van der Waals surface area contributed by atoms with Crippen LogP contribution >= 0.6 is 11.6 Å². The summed E-state index contributed by atoms with van der Waals surface area (Å²) in [4.78, 5) is 4.18. The minimum Gasteiger partial charge on any atom is -0.497 e. The van der Waals surface area contributed by atoms with E-state index in [1.54, 1.807) is 20.5 Å². The molecule has 2 aromatic rings. The van der Waals surface area contributed by atoms with Gasteiger partial charge in [0.05, 0.1) is 13.7 Å². The molecule has 0 aliphatic carbocycles. The Morgan fingerprint density at radius 1 is 1.39 bits per heavy atom. The van der Waals surface area contributed by atoms with Crippen molar-refractivity contribution in [2.24, 2.45) is 12.0 Å². The number of aromatic nitrogens is 3. The highest BCUT2D eigenvalue weighted by atomic mass is 35.5. The van der Waals surface area contributed by atoms with Gasteiger partial charge in [0.1, 0.15) is 12.1 Å². The van der Waals surface area contributed by atoms with Gasteiger partial charge in [0, 0.05) is 25.7 Å². The SMILES string of the molecule is CN=C(NCCc1ccc(OC)cc1Cl)NCc1nncn1C. The average molecular weight is 337 g/mol. The Morgan fingerprint density at radius 2 is 2.22 bits per heavy atom. The van der Waals surface area contributed by atoms with Crippen LogP contribution < -0.4 is 15.4 Å². The van der Waals surface area contributed by atoms with Crippen molar-refractivity contribution in [1.82, 2.24) is 25.4 Å². The molecule has 23 heavy (non-hydrogen) atoms. The number of methoxy groups -OCH3 is 1. The molecule has 7 nitrogen and oxygen atoms in total. The van der Waals surface area contributed by atoms with Crippen LogP contribution in [0.1, 0.15) is 11.4 Å². The molecule has 0 radical (unpaired) electrons. The van der Waals surface area contributed by atoms with E-state index in [0.717, 1.165) is 23.6 Å². The maximum atomic E-state index is 6.23. The van der Waals surface area contributed by atoms with Crippen LogP contribution in [-0.4, -0.2) is 41.4 Å². The second kappa shape index (κ2) is 8.38. The number of benzene rings is 1. The van der Waals surface area contributed by atoms with E-state index in [1.165, 1.54) is 0 Å². The summed E-state index contributed by atoms with van der Waals surface area (Å²) in [6.45, 7) is 1.27. The van der Waals surface area contributed by atoms with Crippen LogP contribution in [0.15, 0.2) is 29.5 Å². The summed E-state index contributed by atoms with van der Waals surface area (Å²) >= 11 is 6.23. The van der Waals surface area contributed by atoms with Gasteiger partial charge in [-0.05, 0) is 24.1 Å². The third-order valence-corrected chi connectivity index (χ3v) is 3.74. The van der Waals surface area contributed by atoms with E-state index in [-0.39, 0.29) is 0 Å². The quantitative estimate of drug-likeness (QED) is 0.615. The lowest BCUT2D eigenvalue weighted by molar-refractivity contribution is 0.414. The number of guanidine groups is 1.